The van der Waals surface area contributed by atoms with Gasteiger partial charge in [0, 0.05) is 51.4 Å². The Morgan fingerprint density at radius 2 is 1.93 bits per heavy atom. The smallest absolute Gasteiger partial charge is 0.341 e. The quantitative estimate of drug-likeness (QED) is 0.785. The Hall–Kier alpha value is -2.81. The molecule has 1 N–H and O–H groups in total. The van der Waals surface area contributed by atoms with Gasteiger partial charge in [0.25, 0.3) is 0 Å². The van der Waals surface area contributed by atoms with E-state index in [-0.39, 0.29) is 28.6 Å². The minimum atomic E-state index is -1.32. The third-order valence-corrected chi connectivity index (χ3v) is 5.56. The van der Waals surface area contributed by atoms with Crippen molar-refractivity contribution in [2.24, 2.45) is 0 Å². The van der Waals surface area contributed by atoms with Gasteiger partial charge in [-0.3, -0.25) is 14.5 Å². The minimum absolute atomic E-state index is 0.00172. The first-order chi connectivity index (χ1) is 13.8. The summed E-state index contributed by atoms with van der Waals surface area (Å²) in [7, 11) is 0. The molecule has 2 aromatic rings. The number of carbonyl (C=O) groups is 2. The van der Waals surface area contributed by atoms with Crippen LogP contribution in [-0.4, -0.2) is 64.0 Å². The van der Waals surface area contributed by atoms with Crippen LogP contribution in [0.2, 0.25) is 0 Å². The highest BCUT2D eigenvalue weighted by Crippen LogP contribution is 2.37. The number of halogens is 1. The van der Waals surface area contributed by atoms with E-state index < -0.39 is 17.2 Å². The Bertz CT molecular complexity index is 1040. The Labute approximate surface area is 166 Å². The SMILES string of the molecule is CC(=O)CCN1CCN(c2nc3c(cc2F)c(=O)c(C(=O)O)cn3C2CC2)CC1. The summed E-state index contributed by atoms with van der Waals surface area (Å²) in [5.74, 6) is -1.62. The second-order valence-electron chi connectivity index (χ2n) is 7.76. The maximum atomic E-state index is 14.9. The molecule has 0 spiro atoms. The highest BCUT2D eigenvalue weighted by molar-refractivity contribution is 5.92. The molecule has 9 heteroatoms. The summed E-state index contributed by atoms with van der Waals surface area (Å²) in [4.78, 5) is 43.6. The first-order valence-corrected chi connectivity index (χ1v) is 9.80. The molecule has 1 saturated heterocycles. The summed E-state index contributed by atoms with van der Waals surface area (Å²) in [6.07, 6.45) is 3.59. The first kappa shape index (κ1) is 19.5. The number of carboxylic acids is 1. The number of hydrogen-bond acceptors (Lipinski definition) is 6. The lowest BCUT2D eigenvalue weighted by Crippen LogP contribution is -2.47. The van der Waals surface area contributed by atoms with Crippen LogP contribution >= 0.6 is 0 Å². The number of aromatic nitrogens is 2. The van der Waals surface area contributed by atoms with Gasteiger partial charge in [0.1, 0.15) is 17.0 Å². The molecular formula is C20H23FN4O4. The predicted octanol–water partition coefficient (Wildman–Crippen LogP) is 1.67. The predicted molar refractivity (Wildman–Crippen MR) is 105 cm³/mol. The van der Waals surface area contributed by atoms with Gasteiger partial charge in [-0.15, -0.1) is 0 Å². The van der Waals surface area contributed by atoms with Crippen LogP contribution in [0.25, 0.3) is 11.0 Å². The number of carbonyl (C=O) groups excluding carboxylic acids is 1. The van der Waals surface area contributed by atoms with Gasteiger partial charge in [0.2, 0.25) is 5.43 Å². The van der Waals surface area contributed by atoms with Crippen LogP contribution < -0.4 is 10.3 Å². The fourth-order valence-electron chi connectivity index (χ4n) is 3.74. The minimum Gasteiger partial charge on any atom is -0.477 e. The fourth-order valence-corrected chi connectivity index (χ4v) is 3.74. The van der Waals surface area contributed by atoms with Crippen molar-refractivity contribution < 1.29 is 19.1 Å². The molecule has 1 aliphatic carbocycles. The average molecular weight is 402 g/mol. The van der Waals surface area contributed by atoms with E-state index in [1.54, 1.807) is 11.5 Å². The first-order valence-electron chi connectivity index (χ1n) is 9.80. The maximum Gasteiger partial charge on any atom is 0.341 e. The molecule has 0 radical (unpaired) electrons. The third-order valence-electron chi connectivity index (χ3n) is 5.56. The third kappa shape index (κ3) is 3.87. The van der Waals surface area contributed by atoms with Gasteiger partial charge in [-0.2, -0.15) is 0 Å². The molecular weight excluding hydrogens is 379 g/mol. The van der Waals surface area contributed by atoms with E-state index in [0.717, 1.165) is 18.9 Å². The molecule has 2 aromatic heterocycles. The summed E-state index contributed by atoms with van der Waals surface area (Å²) in [5, 5.41) is 9.32. The summed E-state index contributed by atoms with van der Waals surface area (Å²) < 4.78 is 16.6. The number of pyridine rings is 2. The highest BCUT2D eigenvalue weighted by Gasteiger charge is 2.29. The number of hydrogen-bond donors (Lipinski definition) is 1. The van der Waals surface area contributed by atoms with E-state index in [2.05, 4.69) is 9.88 Å². The summed E-state index contributed by atoms with van der Waals surface area (Å²) >= 11 is 0. The van der Waals surface area contributed by atoms with Crippen molar-refractivity contribution in [2.45, 2.75) is 32.2 Å². The Balaban J connectivity index is 1.67. The van der Waals surface area contributed by atoms with Crippen LogP contribution in [0.3, 0.4) is 0 Å². The molecule has 29 heavy (non-hydrogen) atoms. The second-order valence-corrected chi connectivity index (χ2v) is 7.76. The molecule has 3 heterocycles. The normalized spacial score (nSPS) is 17.7. The zero-order chi connectivity index (χ0) is 20.7. The van der Waals surface area contributed by atoms with Crippen LogP contribution in [0.1, 0.15) is 42.6 Å². The number of anilines is 1. The van der Waals surface area contributed by atoms with Crippen molar-refractivity contribution in [1.29, 1.82) is 0 Å². The number of aromatic carboxylic acids is 1. The molecule has 1 aliphatic heterocycles. The van der Waals surface area contributed by atoms with E-state index in [1.165, 1.54) is 6.20 Å². The van der Waals surface area contributed by atoms with Gasteiger partial charge in [-0.25, -0.2) is 14.2 Å². The standard InChI is InChI=1S/C20H23FN4O4/c1-12(26)4-5-23-6-8-24(9-7-23)19-16(21)10-14-17(27)15(20(28)29)11-25(13-2-3-13)18(14)22-19/h10-11,13H,2-9H2,1H3,(H,28,29). The maximum absolute atomic E-state index is 14.9. The van der Waals surface area contributed by atoms with E-state index in [4.69, 9.17) is 0 Å². The zero-order valence-electron chi connectivity index (χ0n) is 16.2. The van der Waals surface area contributed by atoms with Gasteiger partial charge in [-0.05, 0) is 25.8 Å². The van der Waals surface area contributed by atoms with E-state index >= 15 is 0 Å². The van der Waals surface area contributed by atoms with E-state index in [0.29, 0.717) is 44.8 Å². The van der Waals surface area contributed by atoms with Crippen molar-refractivity contribution in [3.8, 4) is 0 Å². The van der Waals surface area contributed by atoms with Gasteiger partial charge in [0.05, 0.1) is 5.39 Å². The number of nitrogens with zero attached hydrogens (tertiary/aromatic N) is 4. The summed E-state index contributed by atoms with van der Waals surface area (Å²) in [6.45, 7) is 4.78. The molecule has 8 nitrogen and oxygen atoms in total. The topological polar surface area (TPSA) is 95.7 Å². The van der Waals surface area contributed by atoms with Crippen LogP contribution in [-0.2, 0) is 4.79 Å². The van der Waals surface area contributed by atoms with Gasteiger partial charge in [0.15, 0.2) is 11.6 Å². The van der Waals surface area contributed by atoms with Gasteiger partial charge >= 0.3 is 5.97 Å². The van der Waals surface area contributed by atoms with Crippen molar-refractivity contribution in [1.82, 2.24) is 14.5 Å². The number of rotatable bonds is 6. The second kappa shape index (κ2) is 7.55. The molecule has 0 unspecified atom stereocenters. The van der Waals surface area contributed by atoms with Gasteiger partial charge in [-0.1, -0.05) is 0 Å². The fraction of sp³-hybridized carbons (Fsp3) is 0.500. The lowest BCUT2D eigenvalue weighted by atomic mass is 10.1. The van der Waals surface area contributed by atoms with Crippen LogP contribution in [0.15, 0.2) is 17.1 Å². The molecule has 0 bridgehead atoms. The highest BCUT2D eigenvalue weighted by atomic mass is 19.1. The average Bonchev–Trinajstić information content (AvgIpc) is 3.52. The lowest BCUT2D eigenvalue weighted by Gasteiger charge is -2.35. The molecule has 0 atom stereocenters. The summed E-state index contributed by atoms with van der Waals surface area (Å²) in [6, 6.07) is 1.21. The Morgan fingerprint density at radius 1 is 1.24 bits per heavy atom. The number of Topliss-reactive ketones (excluding diaryl/α,β-unsaturated/α-hetero) is 1. The largest absolute Gasteiger partial charge is 0.477 e. The Kier molecular flexibility index (Phi) is 5.08. The molecule has 0 amide bonds. The molecule has 1 saturated carbocycles. The molecule has 2 fully saturated rings. The van der Waals surface area contributed by atoms with Gasteiger partial charge < -0.3 is 14.6 Å². The van der Waals surface area contributed by atoms with Crippen molar-refractivity contribution in [3.63, 3.8) is 0 Å². The van der Waals surface area contributed by atoms with E-state index in [9.17, 15) is 23.9 Å². The number of fused-ring (bicyclic) bond motifs is 1. The Morgan fingerprint density at radius 3 is 2.52 bits per heavy atom. The molecule has 2 aliphatic rings. The summed E-state index contributed by atoms with van der Waals surface area (Å²) in [5.41, 5.74) is -0.744. The van der Waals surface area contributed by atoms with Crippen molar-refractivity contribution in [3.05, 3.63) is 33.9 Å². The van der Waals surface area contributed by atoms with E-state index in [1.807, 2.05) is 4.90 Å². The van der Waals surface area contributed by atoms with Crippen molar-refractivity contribution >= 4 is 28.6 Å². The van der Waals surface area contributed by atoms with Crippen molar-refractivity contribution in [2.75, 3.05) is 37.6 Å². The molecule has 4 rings (SSSR count). The van der Waals surface area contributed by atoms with Crippen LogP contribution in [0.5, 0.6) is 0 Å². The zero-order valence-corrected chi connectivity index (χ0v) is 16.2. The van der Waals surface area contributed by atoms with Crippen LogP contribution in [0, 0.1) is 5.82 Å². The monoisotopic (exact) mass is 402 g/mol. The number of carboxylic acid groups (broad SMARTS) is 1. The number of piperazine rings is 1. The molecule has 0 aromatic carbocycles. The molecule has 154 valence electrons. The lowest BCUT2D eigenvalue weighted by molar-refractivity contribution is -0.117. The number of ketones is 1. The van der Waals surface area contributed by atoms with Crippen LogP contribution in [0.4, 0.5) is 10.2 Å².